The van der Waals surface area contributed by atoms with Crippen molar-refractivity contribution in [2.45, 2.75) is 6.61 Å². The Hall–Kier alpha value is -3.26. The molecule has 130 valence electrons. The van der Waals surface area contributed by atoms with E-state index < -0.39 is 5.97 Å². The van der Waals surface area contributed by atoms with Crippen molar-refractivity contribution in [3.63, 3.8) is 0 Å². The van der Waals surface area contributed by atoms with Crippen LogP contribution in [0.25, 0.3) is 22.4 Å². The Morgan fingerprint density at radius 1 is 1.08 bits per heavy atom. The van der Waals surface area contributed by atoms with Crippen molar-refractivity contribution in [1.82, 2.24) is 13.9 Å². The number of fused-ring (bicyclic) bond motifs is 1. The number of nitrogens with zero attached hydrogens (tertiary/aromatic N) is 3. The summed E-state index contributed by atoms with van der Waals surface area (Å²) in [5, 5.41) is 3.94. The molecule has 0 radical (unpaired) electrons. The summed E-state index contributed by atoms with van der Waals surface area (Å²) in [5.41, 5.74) is 3.24. The molecule has 0 fully saturated rings. The lowest BCUT2D eigenvalue weighted by molar-refractivity contribution is 0.0464. The molecule has 0 spiro atoms. The number of aromatic nitrogens is 3. The minimum Gasteiger partial charge on any atom is -0.497 e. The van der Waals surface area contributed by atoms with Gasteiger partial charge >= 0.3 is 5.97 Å². The van der Waals surface area contributed by atoms with Gasteiger partial charge in [0.2, 0.25) is 0 Å². The first-order valence-electron chi connectivity index (χ1n) is 7.72. The van der Waals surface area contributed by atoms with Crippen LogP contribution in [-0.2, 0) is 11.3 Å². The summed E-state index contributed by atoms with van der Waals surface area (Å²) in [6.45, 7) is 0.0197. The maximum Gasteiger partial charge on any atom is 0.338 e. The smallest absolute Gasteiger partial charge is 0.338 e. The van der Waals surface area contributed by atoms with Gasteiger partial charge in [-0.2, -0.15) is 8.75 Å². The van der Waals surface area contributed by atoms with E-state index in [1.807, 2.05) is 24.3 Å². The standard InChI is InChI=1S/C18H13N3O4S/c1-23-14-5-2-11(3-6-14)17-9-13(19-25-17)10-24-18(22)12-4-7-15-16(8-12)21-26-20-15/h2-9H,10H2,1H3. The van der Waals surface area contributed by atoms with Crippen molar-refractivity contribution >= 4 is 28.7 Å². The fraction of sp³-hybridized carbons (Fsp3) is 0.111. The summed E-state index contributed by atoms with van der Waals surface area (Å²) in [6, 6.07) is 14.2. The van der Waals surface area contributed by atoms with Crippen molar-refractivity contribution in [2.24, 2.45) is 0 Å². The predicted octanol–water partition coefficient (Wildman–Crippen LogP) is 3.71. The van der Waals surface area contributed by atoms with E-state index in [2.05, 4.69) is 13.9 Å². The first-order chi connectivity index (χ1) is 12.7. The third-order valence-corrected chi connectivity index (χ3v) is 4.33. The van der Waals surface area contributed by atoms with Crippen molar-refractivity contribution < 1.29 is 18.8 Å². The molecule has 4 rings (SSSR count). The zero-order valence-electron chi connectivity index (χ0n) is 13.7. The van der Waals surface area contributed by atoms with E-state index in [1.165, 1.54) is 0 Å². The average molecular weight is 367 g/mol. The van der Waals surface area contributed by atoms with Gasteiger partial charge in [0.1, 0.15) is 29.1 Å². The zero-order valence-corrected chi connectivity index (χ0v) is 14.5. The highest BCUT2D eigenvalue weighted by molar-refractivity contribution is 7.00. The van der Waals surface area contributed by atoms with Gasteiger partial charge in [0, 0.05) is 11.6 Å². The summed E-state index contributed by atoms with van der Waals surface area (Å²) >= 11 is 1.10. The van der Waals surface area contributed by atoms with Crippen LogP contribution in [0.1, 0.15) is 16.1 Å². The highest BCUT2D eigenvalue weighted by atomic mass is 32.1. The highest BCUT2D eigenvalue weighted by Gasteiger charge is 2.12. The number of methoxy groups -OCH3 is 1. The van der Waals surface area contributed by atoms with Crippen LogP contribution >= 0.6 is 11.7 Å². The van der Waals surface area contributed by atoms with Crippen LogP contribution in [0.2, 0.25) is 0 Å². The van der Waals surface area contributed by atoms with Crippen molar-refractivity contribution in [1.29, 1.82) is 0 Å². The number of hydrogen-bond donors (Lipinski definition) is 0. The number of rotatable bonds is 5. The number of carbonyl (C=O) groups excluding carboxylic acids is 1. The van der Waals surface area contributed by atoms with Gasteiger partial charge < -0.3 is 14.0 Å². The maximum atomic E-state index is 12.2. The second kappa shape index (κ2) is 6.93. The predicted molar refractivity (Wildman–Crippen MR) is 95.0 cm³/mol. The van der Waals surface area contributed by atoms with Crippen LogP contribution in [0.5, 0.6) is 5.75 Å². The van der Waals surface area contributed by atoms with Crippen molar-refractivity contribution in [2.75, 3.05) is 7.11 Å². The Labute approximate surface area is 152 Å². The molecule has 0 aliphatic heterocycles. The van der Waals surface area contributed by atoms with Crippen molar-refractivity contribution in [3.05, 3.63) is 59.8 Å². The van der Waals surface area contributed by atoms with Crippen LogP contribution < -0.4 is 4.74 Å². The molecule has 0 amide bonds. The molecule has 0 saturated heterocycles. The van der Waals surface area contributed by atoms with Gasteiger partial charge in [-0.05, 0) is 42.5 Å². The summed E-state index contributed by atoms with van der Waals surface area (Å²) in [6.07, 6.45) is 0. The van der Waals surface area contributed by atoms with E-state index in [0.29, 0.717) is 22.5 Å². The van der Waals surface area contributed by atoms with Crippen LogP contribution in [0.15, 0.2) is 53.1 Å². The molecular weight excluding hydrogens is 354 g/mol. The first-order valence-corrected chi connectivity index (χ1v) is 8.45. The van der Waals surface area contributed by atoms with Crippen molar-refractivity contribution in [3.8, 4) is 17.1 Å². The average Bonchev–Trinajstić information content (AvgIpc) is 3.35. The Morgan fingerprint density at radius 3 is 2.69 bits per heavy atom. The summed E-state index contributed by atoms with van der Waals surface area (Å²) < 4.78 is 24.0. The Morgan fingerprint density at radius 2 is 1.88 bits per heavy atom. The molecule has 7 nitrogen and oxygen atoms in total. The fourth-order valence-corrected chi connectivity index (χ4v) is 2.92. The molecule has 0 atom stereocenters. The van der Waals surface area contributed by atoms with E-state index in [4.69, 9.17) is 14.0 Å². The largest absolute Gasteiger partial charge is 0.497 e. The molecule has 0 bridgehead atoms. The van der Waals surface area contributed by atoms with Gasteiger partial charge in [0.05, 0.1) is 24.4 Å². The van der Waals surface area contributed by atoms with E-state index in [-0.39, 0.29) is 6.61 Å². The minimum atomic E-state index is -0.450. The van der Waals surface area contributed by atoms with E-state index in [0.717, 1.165) is 28.6 Å². The van der Waals surface area contributed by atoms with Crippen LogP contribution in [-0.4, -0.2) is 27.0 Å². The van der Waals surface area contributed by atoms with Gasteiger partial charge in [-0.3, -0.25) is 0 Å². The molecular formula is C18H13N3O4S. The molecule has 2 aromatic heterocycles. The molecule has 4 aromatic rings. The lowest BCUT2D eigenvalue weighted by Crippen LogP contribution is -2.05. The Balaban J connectivity index is 1.42. The lowest BCUT2D eigenvalue weighted by atomic mass is 10.1. The van der Waals surface area contributed by atoms with Gasteiger partial charge in [-0.15, -0.1) is 0 Å². The fourth-order valence-electron chi connectivity index (χ4n) is 2.40. The summed E-state index contributed by atoms with van der Waals surface area (Å²) in [5.74, 6) is 0.900. The number of ether oxygens (including phenoxy) is 2. The second-order valence-corrected chi connectivity index (χ2v) is 5.98. The number of benzene rings is 2. The normalized spacial score (nSPS) is 10.8. The summed E-state index contributed by atoms with van der Waals surface area (Å²) in [7, 11) is 1.61. The van der Waals surface area contributed by atoms with Crippen LogP contribution in [0.3, 0.4) is 0 Å². The summed E-state index contributed by atoms with van der Waals surface area (Å²) in [4.78, 5) is 12.2. The van der Waals surface area contributed by atoms with E-state index in [9.17, 15) is 4.79 Å². The molecule has 2 aromatic carbocycles. The molecule has 0 unspecified atom stereocenters. The molecule has 0 aliphatic rings. The molecule has 2 heterocycles. The molecule has 0 N–H and O–H groups in total. The molecule has 26 heavy (non-hydrogen) atoms. The number of esters is 1. The molecule has 8 heteroatoms. The van der Waals surface area contributed by atoms with Gasteiger partial charge in [-0.1, -0.05) is 5.16 Å². The van der Waals surface area contributed by atoms with Gasteiger partial charge in [0.15, 0.2) is 5.76 Å². The second-order valence-electron chi connectivity index (χ2n) is 5.45. The lowest BCUT2D eigenvalue weighted by Gasteiger charge is -2.02. The SMILES string of the molecule is COc1ccc(-c2cc(COC(=O)c3ccc4nsnc4c3)no2)cc1. The minimum absolute atomic E-state index is 0.0197. The van der Waals surface area contributed by atoms with Crippen LogP contribution in [0.4, 0.5) is 0 Å². The quantitative estimate of drug-likeness (QED) is 0.497. The van der Waals surface area contributed by atoms with E-state index >= 15 is 0 Å². The third kappa shape index (κ3) is 3.27. The van der Waals surface area contributed by atoms with Gasteiger partial charge in [-0.25, -0.2) is 4.79 Å². The monoisotopic (exact) mass is 367 g/mol. The van der Waals surface area contributed by atoms with Crippen LogP contribution in [0, 0.1) is 0 Å². The third-order valence-electron chi connectivity index (χ3n) is 3.77. The Kier molecular flexibility index (Phi) is 4.32. The zero-order chi connectivity index (χ0) is 17.9. The number of hydrogen-bond acceptors (Lipinski definition) is 8. The van der Waals surface area contributed by atoms with Gasteiger partial charge in [0.25, 0.3) is 0 Å². The number of carbonyl (C=O) groups is 1. The van der Waals surface area contributed by atoms with E-state index in [1.54, 1.807) is 31.4 Å². The maximum absolute atomic E-state index is 12.2. The Bertz CT molecular complexity index is 1060. The topological polar surface area (TPSA) is 87.3 Å². The highest BCUT2D eigenvalue weighted by Crippen LogP contribution is 2.23. The molecule has 0 aliphatic carbocycles. The first kappa shape index (κ1) is 16.2. The molecule has 0 saturated carbocycles.